The lowest BCUT2D eigenvalue weighted by atomic mass is 10.0. The number of carbonyl (C=O) groups is 2. The number of rotatable bonds is 10. The van der Waals surface area contributed by atoms with E-state index < -0.39 is 0 Å². The van der Waals surface area contributed by atoms with Gasteiger partial charge in [0.1, 0.15) is 0 Å². The molecule has 0 saturated heterocycles. The zero-order valence-corrected chi connectivity index (χ0v) is 10.2. The van der Waals surface area contributed by atoms with Crippen molar-refractivity contribution < 1.29 is 9.59 Å². The van der Waals surface area contributed by atoms with E-state index in [1.54, 1.807) is 0 Å². The van der Waals surface area contributed by atoms with E-state index in [0.717, 1.165) is 38.5 Å². The molecule has 0 fully saturated rings. The minimum atomic E-state index is -0.153. The van der Waals surface area contributed by atoms with E-state index in [1.165, 1.54) is 6.42 Å². The molecule has 15 heavy (non-hydrogen) atoms. The van der Waals surface area contributed by atoms with Gasteiger partial charge in [-0.05, 0) is 12.8 Å². The Morgan fingerprint density at radius 3 is 1.53 bits per heavy atom. The molecule has 0 rings (SSSR count). The van der Waals surface area contributed by atoms with Gasteiger partial charge in [-0.15, -0.1) is 0 Å². The fraction of sp³-hybridized carbons (Fsp3) is 0.846. The Morgan fingerprint density at radius 1 is 0.667 bits per heavy atom. The number of hydrogen-bond donors (Lipinski definition) is 0. The summed E-state index contributed by atoms with van der Waals surface area (Å²) in [5, 5.41) is 0. The average molecular weight is 212 g/mol. The van der Waals surface area contributed by atoms with Crippen LogP contribution in [-0.2, 0) is 9.59 Å². The van der Waals surface area contributed by atoms with Crippen LogP contribution in [0.3, 0.4) is 0 Å². The van der Waals surface area contributed by atoms with Crippen LogP contribution in [0.15, 0.2) is 0 Å². The predicted octanol–water partition coefficient (Wildman–Crippen LogP) is 3.68. The second kappa shape index (κ2) is 9.88. The summed E-state index contributed by atoms with van der Waals surface area (Å²) in [6.07, 6.45) is 8.22. The lowest BCUT2D eigenvalue weighted by molar-refractivity contribution is -0.136. The van der Waals surface area contributed by atoms with Crippen LogP contribution >= 0.6 is 0 Å². The van der Waals surface area contributed by atoms with Crippen LogP contribution in [0.1, 0.15) is 71.6 Å². The minimum Gasteiger partial charge on any atom is -0.291 e. The second-order valence-electron chi connectivity index (χ2n) is 4.11. The van der Waals surface area contributed by atoms with Gasteiger partial charge in [-0.25, -0.2) is 0 Å². The Kier molecular flexibility index (Phi) is 9.44. The highest BCUT2D eigenvalue weighted by molar-refractivity contribution is 6.37. The molecule has 0 aromatic rings. The maximum atomic E-state index is 11.4. The van der Waals surface area contributed by atoms with Gasteiger partial charge in [0.15, 0.2) is 11.6 Å². The average Bonchev–Trinajstić information content (AvgIpc) is 2.24. The predicted molar refractivity (Wildman–Crippen MR) is 62.9 cm³/mol. The Bertz CT molecular complexity index is 185. The van der Waals surface area contributed by atoms with Crippen molar-refractivity contribution in [2.45, 2.75) is 71.6 Å². The molecule has 0 N–H and O–H groups in total. The summed E-state index contributed by atoms with van der Waals surface area (Å²) in [6, 6.07) is 0. The van der Waals surface area contributed by atoms with E-state index in [4.69, 9.17) is 0 Å². The Balaban J connectivity index is 3.47. The van der Waals surface area contributed by atoms with Gasteiger partial charge < -0.3 is 0 Å². The summed E-state index contributed by atoms with van der Waals surface area (Å²) in [7, 11) is 0. The van der Waals surface area contributed by atoms with Crippen molar-refractivity contribution in [3.8, 4) is 0 Å². The highest BCUT2D eigenvalue weighted by Gasteiger charge is 2.11. The molecule has 0 spiro atoms. The first-order valence-electron chi connectivity index (χ1n) is 6.28. The van der Waals surface area contributed by atoms with Gasteiger partial charge in [0, 0.05) is 12.8 Å². The van der Waals surface area contributed by atoms with Crippen LogP contribution in [0, 0.1) is 0 Å². The molecule has 0 unspecified atom stereocenters. The van der Waals surface area contributed by atoms with E-state index in [0.29, 0.717) is 12.8 Å². The van der Waals surface area contributed by atoms with Crippen LogP contribution in [0.4, 0.5) is 0 Å². The van der Waals surface area contributed by atoms with Crippen LogP contribution in [-0.4, -0.2) is 11.6 Å². The van der Waals surface area contributed by atoms with Crippen LogP contribution in [0.2, 0.25) is 0 Å². The van der Waals surface area contributed by atoms with Gasteiger partial charge in [0.25, 0.3) is 0 Å². The molecule has 0 radical (unpaired) electrons. The van der Waals surface area contributed by atoms with Crippen molar-refractivity contribution in [3.05, 3.63) is 0 Å². The first kappa shape index (κ1) is 14.3. The summed E-state index contributed by atoms with van der Waals surface area (Å²) in [5.74, 6) is -0.304. The number of Topliss-reactive ketones (excluding diaryl/α,β-unsaturated/α-hetero) is 2. The Labute approximate surface area is 93.4 Å². The molecule has 0 aliphatic heterocycles. The second-order valence-corrected chi connectivity index (χ2v) is 4.11. The Morgan fingerprint density at radius 2 is 1.07 bits per heavy atom. The SMILES string of the molecule is CCCCCCC(=O)C(=O)CCCCC. The van der Waals surface area contributed by atoms with E-state index in [9.17, 15) is 9.59 Å². The van der Waals surface area contributed by atoms with Crippen LogP contribution in [0.25, 0.3) is 0 Å². The Hall–Kier alpha value is -0.660. The van der Waals surface area contributed by atoms with Crippen molar-refractivity contribution in [3.63, 3.8) is 0 Å². The van der Waals surface area contributed by atoms with Gasteiger partial charge >= 0.3 is 0 Å². The molecule has 0 aromatic carbocycles. The lowest BCUT2D eigenvalue weighted by Gasteiger charge is -2.00. The smallest absolute Gasteiger partial charge is 0.198 e. The molecule has 2 heteroatoms. The van der Waals surface area contributed by atoms with Gasteiger partial charge in [-0.3, -0.25) is 9.59 Å². The summed E-state index contributed by atoms with van der Waals surface area (Å²) in [6.45, 7) is 4.23. The normalized spacial score (nSPS) is 10.3. The fourth-order valence-corrected chi connectivity index (χ4v) is 1.53. The lowest BCUT2D eigenvalue weighted by Crippen LogP contribution is -2.13. The van der Waals surface area contributed by atoms with Gasteiger partial charge in [0.05, 0.1) is 0 Å². The van der Waals surface area contributed by atoms with Gasteiger partial charge in [-0.1, -0.05) is 46.0 Å². The maximum absolute atomic E-state index is 11.4. The molecule has 0 bridgehead atoms. The maximum Gasteiger partial charge on any atom is 0.198 e. The van der Waals surface area contributed by atoms with E-state index >= 15 is 0 Å². The molecular formula is C13H24O2. The molecule has 0 heterocycles. The molecule has 0 saturated carbocycles. The monoisotopic (exact) mass is 212 g/mol. The molecule has 88 valence electrons. The third kappa shape index (κ3) is 8.34. The summed E-state index contributed by atoms with van der Waals surface area (Å²) < 4.78 is 0. The van der Waals surface area contributed by atoms with Crippen molar-refractivity contribution in [1.82, 2.24) is 0 Å². The molecule has 0 aliphatic carbocycles. The van der Waals surface area contributed by atoms with Gasteiger partial charge in [0.2, 0.25) is 0 Å². The zero-order chi connectivity index (χ0) is 11.5. The first-order valence-corrected chi connectivity index (χ1v) is 6.28. The third-order valence-corrected chi connectivity index (χ3v) is 2.58. The molecular weight excluding hydrogens is 188 g/mol. The topological polar surface area (TPSA) is 34.1 Å². The van der Waals surface area contributed by atoms with Crippen molar-refractivity contribution in [1.29, 1.82) is 0 Å². The molecule has 0 aliphatic rings. The van der Waals surface area contributed by atoms with Crippen LogP contribution in [0.5, 0.6) is 0 Å². The van der Waals surface area contributed by atoms with E-state index in [-0.39, 0.29) is 11.6 Å². The number of hydrogen-bond acceptors (Lipinski definition) is 2. The highest BCUT2D eigenvalue weighted by atomic mass is 16.2. The molecule has 2 nitrogen and oxygen atoms in total. The van der Waals surface area contributed by atoms with E-state index in [1.807, 2.05) is 0 Å². The fourth-order valence-electron chi connectivity index (χ4n) is 1.53. The minimum absolute atomic E-state index is 0.151. The van der Waals surface area contributed by atoms with Crippen molar-refractivity contribution in [2.24, 2.45) is 0 Å². The highest BCUT2D eigenvalue weighted by Crippen LogP contribution is 2.06. The number of ketones is 2. The van der Waals surface area contributed by atoms with Crippen LogP contribution < -0.4 is 0 Å². The summed E-state index contributed by atoms with van der Waals surface area (Å²) in [4.78, 5) is 22.7. The third-order valence-electron chi connectivity index (χ3n) is 2.58. The van der Waals surface area contributed by atoms with Gasteiger partial charge in [-0.2, -0.15) is 0 Å². The largest absolute Gasteiger partial charge is 0.291 e. The molecule has 0 amide bonds. The zero-order valence-electron chi connectivity index (χ0n) is 10.2. The number of carbonyl (C=O) groups excluding carboxylic acids is 2. The molecule has 0 atom stereocenters. The summed E-state index contributed by atoms with van der Waals surface area (Å²) in [5.41, 5.74) is 0. The van der Waals surface area contributed by atoms with Crippen molar-refractivity contribution in [2.75, 3.05) is 0 Å². The standard InChI is InChI=1S/C13H24O2/c1-3-5-7-9-11-13(15)12(14)10-8-6-4-2/h3-11H2,1-2H3. The van der Waals surface area contributed by atoms with Crippen molar-refractivity contribution >= 4 is 11.6 Å². The summed E-state index contributed by atoms with van der Waals surface area (Å²) >= 11 is 0. The number of unbranched alkanes of at least 4 members (excludes halogenated alkanes) is 5. The molecule has 0 aromatic heterocycles. The quantitative estimate of drug-likeness (QED) is 0.409. The first-order chi connectivity index (χ1) is 7.22. The van der Waals surface area contributed by atoms with E-state index in [2.05, 4.69) is 13.8 Å².